The molecular weight excluding hydrogens is 292 g/mol. The second-order valence-electron chi connectivity index (χ2n) is 6.29. The van der Waals surface area contributed by atoms with E-state index in [1.165, 1.54) is 4.90 Å². The minimum atomic E-state index is 0.144. The molecule has 1 N–H and O–H groups in total. The molecule has 1 aromatic heterocycles. The summed E-state index contributed by atoms with van der Waals surface area (Å²) in [7, 11) is 3.61. The predicted molar refractivity (Wildman–Crippen MR) is 88.3 cm³/mol. The van der Waals surface area contributed by atoms with E-state index in [2.05, 4.69) is 4.57 Å². The number of benzene rings is 1. The molecule has 0 radical (unpaired) electrons. The van der Waals surface area contributed by atoms with Crippen LogP contribution in [-0.2, 0) is 11.8 Å². The lowest BCUT2D eigenvalue weighted by atomic mass is 10.0. The zero-order valence-corrected chi connectivity index (χ0v) is 13.9. The monoisotopic (exact) mass is 315 g/mol. The molecule has 23 heavy (non-hydrogen) atoms. The van der Waals surface area contributed by atoms with Gasteiger partial charge < -0.3 is 14.2 Å². The first kappa shape index (κ1) is 15.7. The van der Waals surface area contributed by atoms with Crippen LogP contribution >= 0.6 is 0 Å². The number of nitrogens with zero attached hydrogens (tertiary/aromatic N) is 1. The lowest BCUT2D eigenvalue weighted by molar-refractivity contribution is -0.892. The van der Waals surface area contributed by atoms with Gasteiger partial charge in [-0.2, -0.15) is 0 Å². The van der Waals surface area contributed by atoms with E-state index in [1.54, 1.807) is 7.11 Å². The van der Waals surface area contributed by atoms with Crippen LogP contribution in [0.2, 0.25) is 0 Å². The summed E-state index contributed by atoms with van der Waals surface area (Å²) in [5.74, 6) is 1.21. The molecule has 122 valence electrons. The number of likely N-dealkylation sites (tertiary alicyclic amines) is 1. The molecule has 3 rings (SSSR count). The van der Waals surface area contributed by atoms with Gasteiger partial charge in [0.1, 0.15) is 18.1 Å². The third-order valence-electron chi connectivity index (χ3n) is 4.90. The smallest absolute Gasteiger partial charge is 0.219 e. The van der Waals surface area contributed by atoms with E-state index < -0.39 is 0 Å². The first-order valence-corrected chi connectivity index (χ1v) is 8.02. The normalized spacial score (nSPS) is 16.0. The number of ketones is 2. The van der Waals surface area contributed by atoms with Crippen molar-refractivity contribution in [3.8, 4) is 5.75 Å². The molecule has 0 amide bonds. The van der Waals surface area contributed by atoms with Gasteiger partial charge in [-0.05, 0) is 25.1 Å². The van der Waals surface area contributed by atoms with Crippen molar-refractivity contribution in [3.63, 3.8) is 0 Å². The van der Waals surface area contributed by atoms with Gasteiger partial charge in [0.15, 0.2) is 0 Å². The van der Waals surface area contributed by atoms with Gasteiger partial charge in [-0.25, -0.2) is 0 Å². The van der Waals surface area contributed by atoms with Crippen LogP contribution in [0.1, 0.15) is 28.9 Å². The predicted octanol–water partition coefficient (Wildman–Crippen LogP) is 0.926. The van der Waals surface area contributed by atoms with Gasteiger partial charge >= 0.3 is 0 Å². The van der Waals surface area contributed by atoms with Gasteiger partial charge in [0.2, 0.25) is 5.78 Å². The summed E-state index contributed by atoms with van der Waals surface area (Å²) >= 11 is 0. The van der Waals surface area contributed by atoms with Crippen molar-refractivity contribution in [3.05, 3.63) is 29.5 Å². The minimum Gasteiger partial charge on any atom is -0.497 e. The highest BCUT2D eigenvalue weighted by atomic mass is 16.5. The van der Waals surface area contributed by atoms with Crippen LogP contribution in [0.4, 0.5) is 0 Å². The fourth-order valence-corrected chi connectivity index (χ4v) is 3.40. The average molecular weight is 315 g/mol. The van der Waals surface area contributed by atoms with Crippen molar-refractivity contribution in [2.45, 2.75) is 19.8 Å². The van der Waals surface area contributed by atoms with E-state index >= 15 is 0 Å². The fourth-order valence-electron chi connectivity index (χ4n) is 3.40. The van der Waals surface area contributed by atoms with Crippen molar-refractivity contribution in [2.24, 2.45) is 7.05 Å². The van der Waals surface area contributed by atoms with E-state index in [0.29, 0.717) is 25.2 Å². The first-order valence-electron chi connectivity index (χ1n) is 8.02. The molecule has 2 heterocycles. The van der Waals surface area contributed by atoms with E-state index in [1.807, 2.05) is 32.2 Å². The molecule has 0 aliphatic carbocycles. The van der Waals surface area contributed by atoms with E-state index in [0.717, 1.165) is 41.0 Å². The number of quaternary nitrogens is 1. The Morgan fingerprint density at radius 3 is 2.65 bits per heavy atom. The van der Waals surface area contributed by atoms with Gasteiger partial charge in [0, 0.05) is 23.6 Å². The van der Waals surface area contributed by atoms with Crippen molar-refractivity contribution in [2.75, 3.05) is 26.7 Å². The fraction of sp³-hybridized carbons (Fsp3) is 0.444. The average Bonchev–Trinajstić information content (AvgIpc) is 2.80. The van der Waals surface area contributed by atoms with Gasteiger partial charge in [-0.3, -0.25) is 9.59 Å². The van der Waals surface area contributed by atoms with Crippen LogP contribution in [0.3, 0.4) is 0 Å². The maximum absolute atomic E-state index is 12.9. The molecule has 0 spiro atoms. The number of hydrogen-bond acceptors (Lipinski definition) is 3. The van der Waals surface area contributed by atoms with E-state index in [9.17, 15) is 9.59 Å². The topological polar surface area (TPSA) is 52.7 Å². The van der Waals surface area contributed by atoms with Gasteiger partial charge in [-0.15, -0.1) is 0 Å². The van der Waals surface area contributed by atoms with E-state index in [4.69, 9.17) is 4.74 Å². The molecule has 2 aromatic rings. The number of nitrogens with one attached hydrogen (secondary N) is 1. The number of rotatable bonds is 4. The number of methoxy groups -OCH3 is 1. The molecule has 0 atom stereocenters. The summed E-state index contributed by atoms with van der Waals surface area (Å²) in [6, 6.07) is 5.84. The van der Waals surface area contributed by atoms with Crippen LogP contribution in [0.15, 0.2) is 18.2 Å². The zero-order valence-electron chi connectivity index (χ0n) is 13.9. The molecule has 1 aliphatic rings. The Morgan fingerprint density at radius 1 is 1.30 bits per heavy atom. The number of hydrogen-bond donors (Lipinski definition) is 1. The lowest BCUT2D eigenvalue weighted by Crippen LogP contribution is -3.14. The summed E-state index contributed by atoms with van der Waals surface area (Å²) in [6.45, 7) is 3.95. The van der Waals surface area contributed by atoms with Crippen LogP contribution in [0.25, 0.3) is 10.9 Å². The second kappa shape index (κ2) is 6.16. The number of fused-ring (bicyclic) bond motifs is 1. The number of carbonyl (C=O) groups excluding carboxylic acids is 2. The highest BCUT2D eigenvalue weighted by Crippen LogP contribution is 2.28. The summed E-state index contributed by atoms with van der Waals surface area (Å²) in [5, 5.41) is 0.946. The molecule has 0 unspecified atom stereocenters. The Balaban J connectivity index is 1.93. The number of ether oxygens (including phenoxy) is 1. The zero-order chi connectivity index (χ0) is 16.6. The Labute approximate surface area is 135 Å². The van der Waals surface area contributed by atoms with Crippen LogP contribution in [0.5, 0.6) is 5.75 Å². The van der Waals surface area contributed by atoms with Crippen molar-refractivity contribution in [1.82, 2.24) is 4.57 Å². The Hall–Kier alpha value is -2.14. The van der Waals surface area contributed by atoms with Crippen molar-refractivity contribution in [1.29, 1.82) is 0 Å². The van der Waals surface area contributed by atoms with Crippen LogP contribution in [0, 0.1) is 6.92 Å². The number of carbonyl (C=O) groups is 2. The standard InChI is InChI=1S/C18H22N2O3/c1-12-18(17(22)11-20-8-6-13(21)7-9-20)15-10-14(23-3)4-5-16(15)19(12)2/h4-5,10H,6-9,11H2,1-3H3/p+1. The summed E-state index contributed by atoms with van der Waals surface area (Å²) in [6.07, 6.45) is 1.18. The maximum Gasteiger partial charge on any atom is 0.219 e. The van der Waals surface area contributed by atoms with E-state index in [-0.39, 0.29) is 5.78 Å². The number of aromatic nitrogens is 1. The SMILES string of the molecule is COc1ccc2c(c1)c(C(=O)C[NH+]1CCC(=O)CC1)c(C)n2C. The summed E-state index contributed by atoms with van der Waals surface area (Å²) in [5.41, 5.74) is 2.80. The largest absolute Gasteiger partial charge is 0.497 e. The highest BCUT2D eigenvalue weighted by Gasteiger charge is 2.26. The maximum atomic E-state index is 12.9. The second-order valence-corrected chi connectivity index (χ2v) is 6.29. The van der Waals surface area contributed by atoms with Gasteiger partial charge in [-0.1, -0.05) is 0 Å². The minimum absolute atomic E-state index is 0.144. The highest BCUT2D eigenvalue weighted by molar-refractivity contribution is 6.10. The number of piperidine rings is 1. The Morgan fingerprint density at radius 2 is 2.00 bits per heavy atom. The number of aryl methyl sites for hydroxylation is 1. The van der Waals surface area contributed by atoms with Crippen LogP contribution in [-0.4, -0.2) is 42.9 Å². The van der Waals surface area contributed by atoms with Crippen LogP contribution < -0.4 is 9.64 Å². The van der Waals surface area contributed by atoms with Crippen molar-refractivity contribution < 1.29 is 19.2 Å². The molecular formula is C18H23N2O3+. The van der Waals surface area contributed by atoms with Gasteiger partial charge in [0.25, 0.3) is 0 Å². The molecule has 1 aliphatic heterocycles. The molecule has 5 heteroatoms. The lowest BCUT2D eigenvalue weighted by Gasteiger charge is -2.22. The molecule has 1 aromatic carbocycles. The molecule has 1 fully saturated rings. The Bertz CT molecular complexity index is 766. The summed E-state index contributed by atoms with van der Waals surface area (Å²) in [4.78, 5) is 25.4. The molecule has 0 bridgehead atoms. The molecule has 1 saturated heterocycles. The summed E-state index contributed by atoms with van der Waals surface area (Å²) < 4.78 is 7.36. The first-order chi connectivity index (χ1) is 11.0. The quantitative estimate of drug-likeness (QED) is 0.854. The number of Topliss-reactive ketones (excluding diaryl/α,β-unsaturated/α-hetero) is 2. The molecule has 5 nitrogen and oxygen atoms in total. The van der Waals surface area contributed by atoms with Crippen molar-refractivity contribution >= 4 is 22.5 Å². The Kier molecular flexibility index (Phi) is 4.22. The third-order valence-corrected chi connectivity index (χ3v) is 4.90. The van der Waals surface area contributed by atoms with Gasteiger partial charge in [0.05, 0.1) is 38.6 Å². The molecule has 0 saturated carbocycles. The third kappa shape index (κ3) is 2.88.